The van der Waals surface area contributed by atoms with Crippen molar-refractivity contribution >= 4 is 11.8 Å². The van der Waals surface area contributed by atoms with Crippen molar-refractivity contribution in [1.29, 1.82) is 0 Å². The van der Waals surface area contributed by atoms with Crippen molar-refractivity contribution in [3.8, 4) is 0 Å². The standard InChI is InChI=1S/C11H21N3O3/c1-17-7-3-6-12-10(15)8-14-9-4-2-5-13-11(9)16/h9,14H,2-8H2,1H3,(H,12,15)(H,13,16). The van der Waals surface area contributed by atoms with E-state index in [1.54, 1.807) is 7.11 Å². The van der Waals surface area contributed by atoms with E-state index in [0.29, 0.717) is 13.2 Å². The molecule has 0 spiro atoms. The van der Waals surface area contributed by atoms with E-state index in [4.69, 9.17) is 4.74 Å². The molecule has 1 aliphatic heterocycles. The molecule has 3 N–H and O–H groups in total. The highest BCUT2D eigenvalue weighted by Crippen LogP contribution is 2.01. The second-order valence-electron chi connectivity index (χ2n) is 4.06. The first-order valence-electron chi connectivity index (χ1n) is 6.00. The van der Waals surface area contributed by atoms with Crippen LogP contribution in [0.2, 0.25) is 0 Å². The van der Waals surface area contributed by atoms with Crippen LogP contribution < -0.4 is 16.0 Å². The highest BCUT2D eigenvalue weighted by Gasteiger charge is 2.21. The first kappa shape index (κ1) is 13.9. The number of amides is 2. The minimum atomic E-state index is -0.228. The smallest absolute Gasteiger partial charge is 0.237 e. The van der Waals surface area contributed by atoms with Crippen LogP contribution in [-0.2, 0) is 14.3 Å². The molecule has 1 unspecified atom stereocenters. The van der Waals surface area contributed by atoms with Gasteiger partial charge in [-0.25, -0.2) is 0 Å². The Morgan fingerprint density at radius 1 is 1.59 bits per heavy atom. The summed E-state index contributed by atoms with van der Waals surface area (Å²) in [4.78, 5) is 22.8. The molecule has 0 aromatic carbocycles. The summed E-state index contributed by atoms with van der Waals surface area (Å²) in [5, 5.41) is 8.48. The number of hydrogen-bond acceptors (Lipinski definition) is 4. The molecular weight excluding hydrogens is 222 g/mol. The van der Waals surface area contributed by atoms with Crippen LogP contribution in [-0.4, -0.2) is 51.2 Å². The van der Waals surface area contributed by atoms with Crippen molar-refractivity contribution < 1.29 is 14.3 Å². The molecule has 0 bridgehead atoms. The molecule has 1 heterocycles. The van der Waals surface area contributed by atoms with E-state index >= 15 is 0 Å². The van der Waals surface area contributed by atoms with Crippen LogP contribution >= 0.6 is 0 Å². The maximum Gasteiger partial charge on any atom is 0.237 e. The van der Waals surface area contributed by atoms with Crippen LogP contribution in [0, 0.1) is 0 Å². The van der Waals surface area contributed by atoms with Crippen molar-refractivity contribution in [2.75, 3.05) is 33.4 Å². The fraction of sp³-hybridized carbons (Fsp3) is 0.818. The molecule has 0 aliphatic carbocycles. The molecule has 2 amide bonds. The zero-order valence-corrected chi connectivity index (χ0v) is 10.3. The lowest BCUT2D eigenvalue weighted by atomic mass is 10.1. The summed E-state index contributed by atoms with van der Waals surface area (Å²) in [6, 6.07) is -0.228. The summed E-state index contributed by atoms with van der Waals surface area (Å²) < 4.78 is 4.87. The fourth-order valence-corrected chi connectivity index (χ4v) is 1.69. The number of rotatable bonds is 7. The van der Waals surface area contributed by atoms with E-state index in [1.165, 1.54) is 0 Å². The predicted molar refractivity (Wildman–Crippen MR) is 63.5 cm³/mol. The average molecular weight is 243 g/mol. The SMILES string of the molecule is COCCCNC(=O)CNC1CCCNC1=O. The van der Waals surface area contributed by atoms with Crippen LogP contribution in [0.3, 0.4) is 0 Å². The van der Waals surface area contributed by atoms with Gasteiger partial charge in [0.1, 0.15) is 0 Å². The van der Waals surface area contributed by atoms with Gasteiger partial charge in [0.05, 0.1) is 12.6 Å². The molecule has 1 atom stereocenters. The lowest BCUT2D eigenvalue weighted by molar-refractivity contribution is -0.125. The minimum Gasteiger partial charge on any atom is -0.385 e. The van der Waals surface area contributed by atoms with Crippen molar-refractivity contribution in [3.05, 3.63) is 0 Å². The van der Waals surface area contributed by atoms with Gasteiger partial charge in [-0.1, -0.05) is 0 Å². The molecule has 17 heavy (non-hydrogen) atoms. The summed E-state index contributed by atoms with van der Waals surface area (Å²) in [7, 11) is 1.63. The Hall–Kier alpha value is -1.14. The quantitative estimate of drug-likeness (QED) is 0.502. The number of methoxy groups -OCH3 is 1. The minimum absolute atomic E-state index is 0.0107. The Balaban J connectivity index is 2.08. The molecule has 6 heteroatoms. The summed E-state index contributed by atoms with van der Waals surface area (Å²) >= 11 is 0. The Morgan fingerprint density at radius 2 is 2.41 bits per heavy atom. The fourth-order valence-electron chi connectivity index (χ4n) is 1.69. The molecule has 0 radical (unpaired) electrons. The van der Waals surface area contributed by atoms with Gasteiger partial charge < -0.3 is 15.4 Å². The van der Waals surface area contributed by atoms with E-state index in [1.807, 2.05) is 0 Å². The highest BCUT2D eigenvalue weighted by molar-refractivity contribution is 5.84. The topological polar surface area (TPSA) is 79.5 Å². The lowest BCUT2D eigenvalue weighted by Crippen LogP contribution is -2.50. The van der Waals surface area contributed by atoms with Crippen LogP contribution in [0.25, 0.3) is 0 Å². The van der Waals surface area contributed by atoms with Crippen LogP contribution in [0.4, 0.5) is 0 Å². The molecular formula is C11H21N3O3. The maximum atomic E-state index is 11.4. The van der Waals surface area contributed by atoms with Gasteiger partial charge in [0.25, 0.3) is 0 Å². The third kappa shape index (κ3) is 5.65. The number of carbonyl (C=O) groups is 2. The van der Waals surface area contributed by atoms with Gasteiger partial charge in [-0.2, -0.15) is 0 Å². The Labute approximate surface area is 101 Å². The van der Waals surface area contributed by atoms with Gasteiger partial charge >= 0.3 is 0 Å². The van der Waals surface area contributed by atoms with Gasteiger partial charge in [-0.05, 0) is 19.3 Å². The first-order valence-corrected chi connectivity index (χ1v) is 6.00. The van der Waals surface area contributed by atoms with Crippen LogP contribution in [0.5, 0.6) is 0 Å². The van der Waals surface area contributed by atoms with Gasteiger partial charge in [0.15, 0.2) is 0 Å². The second-order valence-corrected chi connectivity index (χ2v) is 4.06. The summed E-state index contributed by atoms with van der Waals surface area (Å²) in [5.41, 5.74) is 0. The number of hydrogen-bond donors (Lipinski definition) is 3. The average Bonchev–Trinajstić information content (AvgIpc) is 2.34. The van der Waals surface area contributed by atoms with Gasteiger partial charge in [-0.3, -0.25) is 14.9 Å². The van der Waals surface area contributed by atoms with Gasteiger partial charge in [0.2, 0.25) is 11.8 Å². The molecule has 1 rings (SSSR count). The molecule has 98 valence electrons. The molecule has 0 aromatic rings. The number of piperidine rings is 1. The summed E-state index contributed by atoms with van der Waals surface area (Å²) in [5.74, 6) is -0.0945. The van der Waals surface area contributed by atoms with Crippen molar-refractivity contribution in [1.82, 2.24) is 16.0 Å². The first-order chi connectivity index (χ1) is 8.24. The van der Waals surface area contributed by atoms with Crippen molar-refractivity contribution in [2.45, 2.75) is 25.3 Å². The third-order valence-corrected chi connectivity index (χ3v) is 2.64. The molecule has 1 aliphatic rings. The third-order valence-electron chi connectivity index (χ3n) is 2.64. The summed E-state index contributed by atoms with van der Waals surface area (Å²) in [6.07, 6.45) is 2.55. The number of carbonyl (C=O) groups excluding carboxylic acids is 2. The molecule has 1 saturated heterocycles. The Morgan fingerprint density at radius 3 is 3.12 bits per heavy atom. The largest absolute Gasteiger partial charge is 0.385 e. The molecule has 0 saturated carbocycles. The maximum absolute atomic E-state index is 11.4. The van der Waals surface area contributed by atoms with E-state index in [0.717, 1.165) is 25.8 Å². The van der Waals surface area contributed by atoms with E-state index in [-0.39, 0.29) is 24.4 Å². The molecule has 1 fully saturated rings. The lowest BCUT2D eigenvalue weighted by Gasteiger charge is -2.22. The zero-order valence-electron chi connectivity index (χ0n) is 10.3. The van der Waals surface area contributed by atoms with Crippen molar-refractivity contribution in [3.63, 3.8) is 0 Å². The van der Waals surface area contributed by atoms with E-state index in [9.17, 15) is 9.59 Å². The normalized spacial score (nSPS) is 19.8. The number of nitrogens with one attached hydrogen (secondary N) is 3. The molecule has 0 aromatic heterocycles. The van der Waals surface area contributed by atoms with Gasteiger partial charge in [0, 0.05) is 26.8 Å². The molecule has 6 nitrogen and oxygen atoms in total. The number of ether oxygens (including phenoxy) is 1. The highest BCUT2D eigenvalue weighted by atomic mass is 16.5. The Kier molecular flexibility index (Phi) is 6.57. The Bertz CT molecular complexity index is 258. The van der Waals surface area contributed by atoms with Crippen LogP contribution in [0.15, 0.2) is 0 Å². The van der Waals surface area contributed by atoms with E-state index < -0.39 is 0 Å². The summed E-state index contributed by atoms with van der Waals surface area (Å²) in [6.45, 7) is 2.16. The monoisotopic (exact) mass is 243 g/mol. The second kappa shape index (κ2) is 8.03. The predicted octanol–water partition coefficient (Wildman–Crippen LogP) is -0.993. The van der Waals surface area contributed by atoms with E-state index in [2.05, 4.69) is 16.0 Å². The van der Waals surface area contributed by atoms with Crippen LogP contribution in [0.1, 0.15) is 19.3 Å². The zero-order chi connectivity index (χ0) is 12.5. The van der Waals surface area contributed by atoms with Gasteiger partial charge in [-0.15, -0.1) is 0 Å². The van der Waals surface area contributed by atoms with Crippen molar-refractivity contribution in [2.24, 2.45) is 0 Å².